The highest BCUT2D eigenvalue weighted by Gasteiger charge is 2.27. The second-order valence-corrected chi connectivity index (χ2v) is 21.1. The summed E-state index contributed by atoms with van der Waals surface area (Å²) in [6, 6.07) is 28.9. The van der Waals surface area contributed by atoms with E-state index in [-0.39, 0.29) is 48.6 Å². The SMILES string of the molecule is O=C(O)C[C@@H]1CCCN(c2ccc(C(=O)NC3CCCCC3)c(SCCc3ccccc3)n2)C1.O=C(O)C[C@H]1CCCN(c2ccc(C(=O)NC3CCCCC3)c(SCCc3ccccc3)n2)C1. The highest BCUT2D eigenvalue weighted by Crippen LogP contribution is 2.31. The van der Waals surface area contributed by atoms with Gasteiger partial charge in [-0.3, -0.25) is 19.2 Å². The number of piperidine rings is 2. The number of aromatic nitrogens is 2. The third kappa shape index (κ3) is 16.0. The first kappa shape index (κ1) is 50.8. The van der Waals surface area contributed by atoms with Crippen LogP contribution in [0.4, 0.5) is 11.6 Å². The zero-order chi connectivity index (χ0) is 47.5. The van der Waals surface area contributed by atoms with E-state index in [1.807, 2.05) is 60.7 Å². The highest BCUT2D eigenvalue weighted by atomic mass is 32.2. The van der Waals surface area contributed by atoms with Crippen molar-refractivity contribution in [2.45, 2.75) is 138 Å². The standard InChI is InChI=1S/2C27H35N3O3S/c2*31-25(32)18-21-10-7-16-30(19-21)24-14-13-23(26(33)28-22-11-5-2-6-12-22)27(29-24)34-17-15-20-8-3-1-4-9-20/h2*1,3-4,8-9,13-14,21-22H,2,5-7,10-12,15-19H2,(H,28,33)(H,31,32)/t2*21-/m10/s1. The van der Waals surface area contributed by atoms with Crippen LogP contribution < -0.4 is 20.4 Å². The maximum Gasteiger partial charge on any atom is 0.303 e. The fourth-order valence-corrected chi connectivity index (χ4v) is 12.0. The molecule has 4 heterocycles. The number of carbonyl (C=O) groups is 4. The van der Waals surface area contributed by atoms with Crippen molar-refractivity contribution in [2.75, 3.05) is 47.5 Å². The van der Waals surface area contributed by atoms with Crippen LogP contribution >= 0.6 is 23.5 Å². The summed E-state index contributed by atoms with van der Waals surface area (Å²) in [5.41, 5.74) is 3.83. The topological polar surface area (TPSA) is 165 Å². The Bertz CT molecular complexity index is 2080. The predicted octanol–water partition coefficient (Wildman–Crippen LogP) is 10.3. The van der Waals surface area contributed by atoms with Gasteiger partial charge in [-0.1, -0.05) is 99.2 Å². The van der Waals surface area contributed by atoms with E-state index >= 15 is 0 Å². The van der Waals surface area contributed by atoms with Crippen molar-refractivity contribution in [1.29, 1.82) is 0 Å². The number of pyridine rings is 2. The molecule has 12 nitrogen and oxygen atoms in total. The van der Waals surface area contributed by atoms with Crippen LogP contribution in [-0.2, 0) is 22.4 Å². The second-order valence-electron chi connectivity index (χ2n) is 18.9. The molecule has 2 amide bonds. The summed E-state index contributed by atoms with van der Waals surface area (Å²) in [6.45, 7) is 3.12. The Morgan fingerprint density at radius 3 is 1.29 bits per heavy atom. The molecule has 0 spiro atoms. The smallest absolute Gasteiger partial charge is 0.303 e. The van der Waals surface area contributed by atoms with E-state index < -0.39 is 11.9 Å². The van der Waals surface area contributed by atoms with Crippen LogP contribution in [0.3, 0.4) is 0 Å². The molecular weight excluding hydrogens is 893 g/mol. The number of hydrogen-bond donors (Lipinski definition) is 4. The highest BCUT2D eigenvalue weighted by molar-refractivity contribution is 7.99. The second kappa shape index (κ2) is 26.6. The first-order chi connectivity index (χ1) is 33.2. The Kier molecular flexibility index (Phi) is 19.9. The lowest BCUT2D eigenvalue weighted by Gasteiger charge is -2.33. The monoisotopic (exact) mass is 962 g/mol. The van der Waals surface area contributed by atoms with Crippen molar-refractivity contribution in [1.82, 2.24) is 20.6 Å². The van der Waals surface area contributed by atoms with Crippen LogP contribution in [0.5, 0.6) is 0 Å². The predicted molar refractivity (Wildman–Crippen MR) is 273 cm³/mol. The molecule has 2 saturated heterocycles. The molecule has 0 radical (unpaired) electrons. The lowest BCUT2D eigenvalue weighted by Crippen LogP contribution is -2.38. The first-order valence-electron chi connectivity index (χ1n) is 25.1. The van der Waals surface area contributed by atoms with Crippen LogP contribution in [0.15, 0.2) is 95.0 Å². The Labute approximate surface area is 411 Å². The first-order valence-corrected chi connectivity index (χ1v) is 27.0. The number of thioether (sulfide) groups is 2. The number of amides is 2. The van der Waals surface area contributed by atoms with E-state index in [9.17, 15) is 29.4 Å². The molecule has 2 aromatic heterocycles. The van der Waals surface area contributed by atoms with Gasteiger partial charge >= 0.3 is 11.9 Å². The van der Waals surface area contributed by atoms with Crippen LogP contribution in [0.1, 0.15) is 135 Å². The molecule has 2 atom stereocenters. The molecule has 2 saturated carbocycles. The number of carboxylic acid groups (broad SMARTS) is 2. The maximum absolute atomic E-state index is 13.2. The number of carbonyl (C=O) groups excluding carboxylic acids is 2. The summed E-state index contributed by atoms with van der Waals surface area (Å²) in [5.74, 6) is 2.08. The molecule has 0 bridgehead atoms. The van der Waals surface area contributed by atoms with Gasteiger partial charge in [-0.05, 0) is 111 Å². The quantitative estimate of drug-likeness (QED) is 0.0699. The van der Waals surface area contributed by atoms with Gasteiger partial charge in [-0.2, -0.15) is 0 Å². The number of aryl methyl sites for hydroxylation is 2. The molecule has 364 valence electrons. The summed E-state index contributed by atoms with van der Waals surface area (Å²) < 4.78 is 0. The fraction of sp³-hybridized carbons (Fsp3) is 0.519. The van der Waals surface area contributed by atoms with E-state index in [0.717, 1.165) is 110 Å². The van der Waals surface area contributed by atoms with E-state index in [0.29, 0.717) is 24.2 Å². The molecule has 68 heavy (non-hydrogen) atoms. The maximum atomic E-state index is 13.2. The van der Waals surface area contributed by atoms with E-state index in [2.05, 4.69) is 44.7 Å². The van der Waals surface area contributed by atoms with Gasteiger partial charge in [0.15, 0.2) is 0 Å². The van der Waals surface area contributed by atoms with E-state index in [1.165, 1.54) is 49.7 Å². The number of anilines is 2. The van der Waals surface area contributed by atoms with Crippen molar-refractivity contribution in [3.05, 3.63) is 107 Å². The number of rotatable bonds is 18. The van der Waals surface area contributed by atoms with Crippen molar-refractivity contribution >= 4 is 58.9 Å². The zero-order valence-electron chi connectivity index (χ0n) is 39.5. The van der Waals surface area contributed by atoms with Crippen LogP contribution in [0.2, 0.25) is 0 Å². The van der Waals surface area contributed by atoms with Gasteiger partial charge in [-0.25, -0.2) is 9.97 Å². The van der Waals surface area contributed by atoms with Gasteiger partial charge < -0.3 is 30.6 Å². The molecule has 4 N–H and O–H groups in total. The number of nitrogens with one attached hydrogen (secondary N) is 2. The molecule has 4 fully saturated rings. The number of nitrogens with zero attached hydrogens (tertiary/aromatic N) is 4. The van der Waals surface area contributed by atoms with Crippen LogP contribution in [-0.4, -0.2) is 93.7 Å². The van der Waals surface area contributed by atoms with Crippen molar-refractivity contribution in [2.24, 2.45) is 11.8 Å². The fourth-order valence-electron chi connectivity index (χ4n) is 9.99. The van der Waals surface area contributed by atoms with Crippen LogP contribution in [0.25, 0.3) is 0 Å². The van der Waals surface area contributed by atoms with E-state index in [4.69, 9.17) is 9.97 Å². The van der Waals surface area contributed by atoms with E-state index in [1.54, 1.807) is 23.5 Å². The lowest BCUT2D eigenvalue weighted by atomic mass is 9.95. The Morgan fingerprint density at radius 2 is 0.912 bits per heavy atom. The largest absolute Gasteiger partial charge is 0.481 e. The van der Waals surface area contributed by atoms with Gasteiger partial charge in [0.2, 0.25) is 0 Å². The van der Waals surface area contributed by atoms with Gasteiger partial charge in [0.25, 0.3) is 11.8 Å². The minimum atomic E-state index is -0.744. The Morgan fingerprint density at radius 1 is 0.515 bits per heavy atom. The van der Waals surface area contributed by atoms with Crippen molar-refractivity contribution in [3.8, 4) is 0 Å². The molecular formula is C54H70N6O6S2. The molecule has 2 aliphatic carbocycles. The summed E-state index contributed by atoms with van der Waals surface area (Å²) in [5, 5.41) is 26.4. The number of carboxylic acids is 2. The molecule has 8 rings (SSSR count). The Balaban J connectivity index is 0.000000201. The molecule has 4 aliphatic rings. The zero-order valence-corrected chi connectivity index (χ0v) is 41.1. The summed E-state index contributed by atoms with van der Waals surface area (Å²) in [4.78, 5) is 63.0. The number of benzene rings is 2. The minimum Gasteiger partial charge on any atom is -0.481 e. The molecule has 14 heteroatoms. The van der Waals surface area contributed by atoms with Crippen molar-refractivity contribution < 1.29 is 29.4 Å². The van der Waals surface area contributed by atoms with Gasteiger partial charge in [0, 0.05) is 62.6 Å². The van der Waals surface area contributed by atoms with Gasteiger partial charge in [0.05, 0.1) is 11.1 Å². The summed E-state index contributed by atoms with van der Waals surface area (Å²) >= 11 is 3.26. The molecule has 2 aliphatic heterocycles. The normalized spacial score (nSPS) is 19.1. The molecule has 0 unspecified atom stereocenters. The number of aliphatic carboxylic acids is 2. The molecule has 4 aromatic rings. The van der Waals surface area contributed by atoms with Gasteiger partial charge in [0.1, 0.15) is 21.7 Å². The van der Waals surface area contributed by atoms with Crippen molar-refractivity contribution in [3.63, 3.8) is 0 Å². The average Bonchev–Trinajstić information content (AvgIpc) is 3.35. The third-order valence-corrected chi connectivity index (χ3v) is 15.6. The average molecular weight is 963 g/mol. The minimum absolute atomic E-state index is 0.0319. The number of hydrogen-bond acceptors (Lipinski definition) is 10. The Hall–Kier alpha value is -5.08. The third-order valence-electron chi connectivity index (χ3n) is 13.6. The molecule has 2 aromatic carbocycles. The van der Waals surface area contributed by atoms with Crippen LogP contribution in [0, 0.1) is 11.8 Å². The lowest BCUT2D eigenvalue weighted by molar-refractivity contribution is -0.139. The summed E-state index contributed by atoms with van der Waals surface area (Å²) in [7, 11) is 0. The van der Waals surface area contributed by atoms with Gasteiger partial charge in [-0.15, -0.1) is 23.5 Å². The summed E-state index contributed by atoms with van der Waals surface area (Å²) in [6.07, 6.45) is 17.4.